The molecule has 1 aliphatic rings. The molecule has 0 spiro atoms. The van der Waals surface area contributed by atoms with Crippen LogP contribution in [0.25, 0.3) is 0 Å². The first-order valence-electron chi connectivity index (χ1n) is 5.42. The van der Waals surface area contributed by atoms with Gasteiger partial charge in [-0.15, -0.1) is 5.10 Å². The van der Waals surface area contributed by atoms with Crippen LogP contribution in [0.4, 0.5) is 0 Å². The molecular formula is C10H15N3O2S. The highest BCUT2D eigenvalue weighted by Gasteiger charge is 2.30. The molecule has 88 valence electrons. The number of carbonyl (C=O) groups is 1. The SMILES string of the molecule is CN(C(=O)c1cnns1)C1CCCCC1O. The third-order valence-corrected chi connectivity index (χ3v) is 3.74. The minimum absolute atomic E-state index is 0.0663. The van der Waals surface area contributed by atoms with E-state index in [-0.39, 0.29) is 11.9 Å². The molecule has 1 fully saturated rings. The van der Waals surface area contributed by atoms with E-state index < -0.39 is 6.10 Å². The highest BCUT2D eigenvalue weighted by molar-refractivity contribution is 7.07. The van der Waals surface area contributed by atoms with Gasteiger partial charge in [0.25, 0.3) is 5.91 Å². The van der Waals surface area contributed by atoms with E-state index in [0.717, 1.165) is 37.2 Å². The van der Waals surface area contributed by atoms with Crippen molar-refractivity contribution in [1.82, 2.24) is 14.5 Å². The minimum Gasteiger partial charge on any atom is -0.391 e. The molecule has 1 saturated carbocycles. The summed E-state index contributed by atoms with van der Waals surface area (Å²) in [7, 11) is 1.74. The predicted molar refractivity (Wildman–Crippen MR) is 60.3 cm³/mol. The fourth-order valence-electron chi connectivity index (χ4n) is 2.13. The fourth-order valence-corrected chi connectivity index (χ4v) is 2.63. The zero-order valence-electron chi connectivity index (χ0n) is 9.17. The second-order valence-corrected chi connectivity index (χ2v) is 4.90. The van der Waals surface area contributed by atoms with Gasteiger partial charge in [0.15, 0.2) is 0 Å². The predicted octanol–water partition coefficient (Wildman–Crippen LogP) is 0.914. The summed E-state index contributed by atoms with van der Waals surface area (Å²) in [5.41, 5.74) is 0. The number of likely N-dealkylation sites (N-methyl/N-ethyl adjacent to an activating group) is 1. The number of amides is 1. The van der Waals surface area contributed by atoms with Crippen molar-refractivity contribution in [3.8, 4) is 0 Å². The van der Waals surface area contributed by atoms with Gasteiger partial charge in [0.05, 0.1) is 18.3 Å². The van der Waals surface area contributed by atoms with Crippen LogP contribution in [0.15, 0.2) is 6.20 Å². The number of aromatic nitrogens is 2. The Morgan fingerprint density at radius 1 is 1.56 bits per heavy atom. The zero-order chi connectivity index (χ0) is 11.5. The Labute approximate surface area is 98.2 Å². The number of aliphatic hydroxyl groups excluding tert-OH is 1. The molecule has 2 atom stereocenters. The van der Waals surface area contributed by atoms with Gasteiger partial charge in [-0.1, -0.05) is 17.3 Å². The van der Waals surface area contributed by atoms with Gasteiger partial charge in [0, 0.05) is 7.05 Å². The van der Waals surface area contributed by atoms with Gasteiger partial charge in [-0.3, -0.25) is 4.79 Å². The molecule has 6 heteroatoms. The van der Waals surface area contributed by atoms with Crippen molar-refractivity contribution in [2.45, 2.75) is 37.8 Å². The van der Waals surface area contributed by atoms with Gasteiger partial charge in [0.1, 0.15) is 4.88 Å². The summed E-state index contributed by atoms with van der Waals surface area (Å²) in [5, 5.41) is 13.5. The van der Waals surface area contributed by atoms with Crippen molar-refractivity contribution in [2.24, 2.45) is 0 Å². The third kappa shape index (κ3) is 2.22. The molecule has 1 aliphatic carbocycles. The van der Waals surface area contributed by atoms with Crippen LogP contribution in [0.1, 0.15) is 35.4 Å². The van der Waals surface area contributed by atoms with E-state index in [2.05, 4.69) is 9.59 Å². The molecule has 0 aliphatic heterocycles. The first-order chi connectivity index (χ1) is 7.70. The minimum atomic E-state index is -0.399. The Bertz CT molecular complexity index is 355. The maximum Gasteiger partial charge on any atom is 0.267 e. The molecule has 0 bridgehead atoms. The second-order valence-electron chi connectivity index (χ2n) is 4.12. The first kappa shape index (κ1) is 11.5. The lowest BCUT2D eigenvalue weighted by molar-refractivity contribution is 0.0271. The highest BCUT2D eigenvalue weighted by Crippen LogP contribution is 2.23. The lowest BCUT2D eigenvalue weighted by Gasteiger charge is -2.34. The molecular weight excluding hydrogens is 226 g/mol. The van der Waals surface area contributed by atoms with Gasteiger partial charge in [-0.05, 0) is 24.4 Å². The number of carbonyl (C=O) groups excluding carboxylic acids is 1. The van der Waals surface area contributed by atoms with Crippen LogP contribution in [0.3, 0.4) is 0 Å². The van der Waals surface area contributed by atoms with Crippen molar-refractivity contribution in [1.29, 1.82) is 0 Å². The van der Waals surface area contributed by atoms with Crippen molar-refractivity contribution >= 4 is 17.4 Å². The van der Waals surface area contributed by atoms with Crippen molar-refractivity contribution in [2.75, 3.05) is 7.05 Å². The summed E-state index contributed by atoms with van der Waals surface area (Å²) in [6, 6.07) is -0.0663. The molecule has 16 heavy (non-hydrogen) atoms. The smallest absolute Gasteiger partial charge is 0.267 e. The Morgan fingerprint density at radius 3 is 2.94 bits per heavy atom. The number of aliphatic hydroxyl groups is 1. The normalized spacial score (nSPS) is 25.4. The maximum absolute atomic E-state index is 12.0. The molecule has 5 nitrogen and oxygen atoms in total. The van der Waals surface area contributed by atoms with Crippen LogP contribution >= 0.6 is 11.5 Å². The molecule has 1 aromatic rings. The van der Waals surface area contributed by atoms with E-state index in [4.69, 9.17) is 0 Å². The van der Waals surface area contributed by atoms with Gasteiger partial charge in [0.2, 0.25) is 0 Å². The quantitative estimate of drug-likeness (QED) is 0.836. The van der Waals surface area contributed by atoms with E-state index >= 15 is 0 Å². The summed E-state index contributed by atoms with van der Waals surface area (Å²) in [6.07, 6.45) is 4.84. The van der Waals surface area contributed by atoms with Gasteiger partial charge < -0.3 is 10.0 Å². The third-order valence-electron chi connectivity index (χ3n) is 3.08. The van der Waals surface area contributed by atoms with Crippen molar-refractivity contribution < 1.29 is 9.90 Å². The van der Waals surface area contributed by atoms with E-state index in [9.17, 15) is 9.90 Å². The Hall–Kier alpha value is -1.01. The average Bonchev–Trinajstić information content (AvgIpc) is 2.81. The topological polar surface area (TPSA) is 66.3 Å². The lowest BCUT2D eigenvalue weighted by atomic mass is 9.91. The summed E-state index contributed by atoms with van der Waals surface area (Å²) < 4.78 is 3.67. The first-order valence-corrected chi connectivity index (χ1v) is 6.20. The second kappa shape index (κ2) is 4.88. The summed E-state index contributed by atoms with van der Waals surface area (Å²) >= 11 is 1.09. The lowest BCUT2D eigenvalue weighted by Crippen LogP contribution is -2.46. The summed E-state index contributed by atoms with van der Waals surface area (Å²) in [4.78, 5) is 14.1. The molecule has 2 unspecified atom stereocenters. The van der Waals surface area contributed by atoms with Crippen LogP contribution in [-0.2, 0) is 0 Å². The monoisotopic (exact) mass is 241 g/mol. The van der Waals surface area contributed by atoms with E-state index in [0.29, 0.717) is 4.88 Å². The number of rotatable bonds is 2. The molecule has 2 rings (SSSR count). The Kier molecular flexibility index (Phi) is 3.50. The highest BCUT2D eigenvalue weighted by atomic mass is 32.1. The fraction of sp³-hybridized carbons (Fsp3) is 0.700. The van der Waals surface area contributed by atoms with Gasteiger partial charge >= 0.3 is 0 Å². The number of nitrogens with zero attached hydrogens (tertiary/aromatic N) is 3. The van der Waals surface area contributed by atoms with Crippen molar-refractivity contribution in [3.63, 3.8) is 0 Å². The van der Waals surface area contributed by atoms with E-state index in [1.807, 2.05) is 0 Å². The van der Waals surface area contributed by atoms with E-state index in [1.54, 1.807) is 11.9 Å². The molecule has 1 heterocycles. The molecule has 1 N–H and O–H groups in total. The van der Waals surface area contributed by atoms with E-state index in [1.165, 1.54) is 6.20 Å². The van der Waals surface area contributed by atoms with Crippen LogP contribution in [-0.4, -0.2) is 44.7 Å². The number of hydrogen-bond acceptors (Lipinski definition) is 5. The van der Waals surface area contributed by atoms with Crippen LogP contribution in [0, 0.1) is 0 Å². The van der Waals surface area contributed by atoms with Crippen molar-refractivity contribution in [3.05, 3.63) is 11.1 Å². The number of hydrogen-bond donors (Lipinski definition) is 1. The molecule has 0 radical (unpaired) electrons. The standard InChI is InChI=1S/C10H15N3O2S/c1-13(7-4-2-3-5-8(7)14)10(15)9-6-11-12-16-9/h6-8,14H,2-5H2,1H3. The molecule has 1 aromatic heterocycles. The largest absolute Gasteiger partial charge is 0.391 e. The zero-order valence-corrected chi connectivity index (χ0v) is 9.98. The van der Waals surface area contributed by atoms with Crippen LogP contribution in [0.2, 0.25) is 0 Å². The van der Waals surface area contributed by atoms with Gasteiger partial charge in [-0.25, -0.2) is 0 Å². The Morgan fingerprint density at radius 2 is 2.31 bits per heavy atom. The molecule has 0 aromatic carbocycles. The Balaban J connectivity index is 2.06. The van der Waals surface area contributed by atoms with Gasteiger partial charge in [-0.2, -0.15) is 0 Å². The summed E-state index contributed by atoms with van der Waals surface area (Å²) in [5.74, 6) is -0.0963. The van der Waals surface area contributed by atoms with Crippen LogP contribution < -0.4 is 0 Å². The maximum atomic E-state index is 12.0. The van der Waals surface area contributed by atoms with Crippen LogP contribution in [0.5, 0.6) is 0 Å². The average molecular weight is 241 g/mol. The summed E-state index contributed by atoms with van der Waals surface area (Å²) in [6.45, 7) is 0. The molecule has 0 saturated heterocycles. The molecule has 1 amide bonds.